The van der Waals surface area contributed by atoms with E-state index in [2.05, 4.69) is 27.6 Å². The number of aryl methyl sites for hydroxylation is 1. The van der Waals surface area contributed by atoms with Gasteiger partial charge in [-0.1, -0.05) is 6.92 Å². The van der Waals surface area contributed by atoms with Gasteiger partial charge in [0.1, 0.15) is 17.5 Å². The molecule has 1 fully saturated rings. The summed E-state index contributed by atoms with van der Waals surface area (Å²) in [6.07, 6.45) is 2.75. The molecule has 5 heteroatoms. The second kappa shape index (κ2) is 4.87. The summed E-state index contributed by atoms with van der Waals surface area (Å²) >= 11 is 0. The van der Waals surface area contributed by atoms with E-state index >= 15 is 0 Å². The molecule has 1 aromatic heterocycles. The van der Waals surface area contributed by atoms with Crippen LogP contribution in [0.25, 0.3) is 0 Å². The minimum Gasteiger partial charge on any atom is -0.369 e. The third kappa shape index (κ3) is 2.85. The van der Waals surface area contributed by atoms with Crippen molar-refractivity contribution in [1.82, 2.24) is 9.97 Å². The molecule has 0 spiro atoms. The summed E-state index contributed by atoms with van der Waals surface area (Å²) in [7, 11) is 0. The first-order valence-electron chi connectivity index (χ1n) is 6.17. The van der Waals surface area contributed by atoms with Crippen LogP contribution in [-0.2, 0) is 0 Å². The van der Waals surface area contributed by atoms with Crippen LogP contribution >= 0.6 is 0 Å². The van der Waals surface area contributed by atoms with E-state index in [4.69, 9.17) is 5.84 Å². The van der Waals surface area contributed by atoms with Crippen LogP contribution in [0.1, 0.15) is 31.2 Å². The Morgan fingerprint density at radius 1 is 1.29 bits per heavy atom. The number of anilines is 2. The van der Waals surface area contributed by atoms with E-state index < -0.39 is 0 Å². The van der Waals surface area contributed by atoms with Gasteiger partial charge in [0, 0.05) is 12.1 Å². The first kappa shape index (κ1) is 12.1. The summed E-state index contributed by atoms with van der Waals surface area (Å²) in [5.74, 6) is 9.35. The maximum atomic E-state index is 5.43. The van der Waals surface area contributed by atoms with Crippen LogP contribution in [0.4, 0.5) is 11.6 Å². The molecule has 1 aromatic rings. The van der Waals surface area contributed by atoms with Crippen LogP contribution in [0, 0.1) is 25.7 Å². The second-order valence-electron chi connectivity index (χ2n) is 4.93. The van der Waals surface area contributed by atoms with Gasteiger partial charge in [-0.2, -0.15) is 0 Å². The van der Waals surface area contributed by atoms with Gasteiger partial charge in [-0.05, 0) is 38.5 Å². The summed E-state index contributed by atoms with van der Waals surface area (Å²) in [6.45, 7) is 7.09. The summed E-state index contributed by atoms with van der Waals surface area (Å²) in [6, 6.07) is 0. The lowest BCUT2D eigenvalue weighted by atomic mass is 10.1. The van der Waals surface area contributed by atoms with Crippen LogP contribution < -0.4 is 16.6 Å². The third-order valence-corrected chi connectivity index (χ3v) is 3.41. The predicted octanol–water partition coefficient (Wildman–Crippen LogP) is 1.84. The van der Waals surface area contributed by atoms with Crippen LogP contribution in [0.5, 0.6) is 0 Å². The van der Waals surface area contributed by atoms with Gasteiger partial charge < -0.3 is 10.7 Å². The molecule has 0 radical (unpaired) electrons. The molecule has 2 rings (SSSR count). The quantitative estimate of drug-likeness (QED) is 0.536. The molecular weight excluding hydrogens is 214 g/mol. The Labute approximate surface area is 102 Å². The maximum absolute atomic E-state index is 5.43. The zero-order valence-electron chi connectivity index (χ0n) is 10.7. The number of hydrogen-bond donors (Lipinski definition) is 3. The molecule has 1 saturated carbocycles. The van der Waals surface area contributed by atoms with Crippen molar-refractivity contribution < 1.29 is 0 Å². The molecule has 17 heavy (non-hydrogen) atoms. The molecule has 4 N–H and O–H groups in total. The molecule has 1 aliphatic rings. The molecule has 5 nitrogen and oxygen atoms in total. The Balaban J connectivity index is 2.05. The van der Waals surface area contributed by atoms with E-state index in [1.54, 1.807) is 0 Å². The van der Waals surface area contributed by atoms with Crippen molar-refractivity contribution in [2.45, 2.75) is 33.6 Å². The first-order chi connectivity index (χ1) is 8.11. The van der Waals surface area contributed by atoms with Crippen molar-refractivity contribution in [3.8, 4) is 0 Å². The highest BCUT2D eigenvalue weighted by molar-refractivity contribution is 5.56. The number of nitrogens with zero attached hydrogens (tertiary/aromatic N) is 2. The molecule has 1 aliphatic carbocycles. The molecule has 0 saturated heterocycles. The summed E-state index contributed by atoms with van der Waals surface area (Å²) in [5.41, 5.74) is 3.58. The SMILES string of the molecule is Cc1nc(NN)c(C)c(NCC(C)C2CC2)n1. The second-order valence-corrected chi connectivity index (χ2v) is 4.93. The van der Waals surface area contributed by atoms with Crippen LogP contribution in [0.2, 0.25) is 0 Å². The lowest BCUT2D eigenvalue weighted by Gasteiger charge is -2.15. The van der Waals surface area contributed by atoms with Gasteiger partial charge in [0.25, 0.3) is 0 Å². The number of nitrogens with two attached hydrogens (primary N) is 1. The van der Waals surface area contributed by atoms with E-state index in [0.29, 0.717) is 11.7 Å². The Morgan fingerprint density at radius 2 is 1.94 bits per heavy atom. The minimum absolute atomic E-state index is 0.694. The standard InChI is InChI=1S/C12H21N5/c1-7(10-4-5-10)6-14-11-8(2)12(17-13)16-9(3)15-11/h7,10H,4-6,13H2,1-3H3,(H2,14,15,16,17). The van der Waals surface area contributed by atoms with Gasteiger partial charge in [-0.3, -0.25) is 0 Å². The lowest BCUT2D eigenvalue weighted by Crippen LogP contribution is -2.17. The average molecular weight is 235 g/mol. The predicted molar refractivity (Wildman–Crippen MR) is 69.7 cm³/mol. The van der Waals surface area contributed by atoms with Gasteiger partial charge in [0.05, 0.1) is 0 Å². The number of hydrazine groups is 1. The molecule has 0 amide bonds. The minimum atomic E-state index is 0.694. The van der Waals surface area contributed by atoms with E-state index in [0.717, 1.165) is 29.7 Å². The monoisotopic (exact) mass is 235 g/mol. The van der Waals surface area contributed by atoms with E-state index in [9.17, 15) is 0 Å². The molecule has 1 heterocycles. The Kier molecular flexibility index (Phi) is 3.47. The summed E-state index contributed by atoms with van der Waals surface area (Å²) in [5, 5.41) is 3.40. The third-order valence-electron chi connectivity index (χ3n) is 3.41. The van der Waals surface area contributed by atoms with Crippen molar-refractivity contribution >= 4 is 11.6 Å². The Morgan fingerprint density at radius 3 is 2.53 bits per heavy atom. The highest BCUT2D eigenvalue weighted by atomic mass is 15.3. The smallest absolute Gasteiger partial charge is 0.148 e. The zero-order valence-corrected chi connectivity index (χ0v) is 10.7. The van der Waals surface area contributed by atoms with E-state index in [1.807, 2.05) is 13.8 Å². The van der Waals surface area contributed by atoms with Gasteiger partial charge >= 0.3 is 0 Å². The topological polar surface area (TPSA) is 75.9 Å². The molecule has 94 valence electrons. The normalized spacial score (nSPS) is 16.7. The van der Waals surface area contributed by atoms with Crippen LogP contribution in [0.15, 0.2) is 0 Å². The Bertz CT molecular complexity index is 400. The summed E-state index contributed by atoms with van der Waals surface area (Å²) in [4.78, 5) is 8.65. The highest BCUT2D eigenvalue weighted by Crippen LogP contribution is 2.36. The fourth-order valence-electron chi connectivity index (χ4n) is 2.03. The first-order valence-corrected chi connectivity index (χ1v) is 6.17. The highest BCUT2D eigenvalue weighted by Gasteiger charge is 2.27. The maximum Gasteiger partial charge on any atom is 0.148 e. The molecule has 1 unspecified atom stereocenters. The van der Waals surface area contributed by atoms with Gasteiger partial charge in [-0.15, -0.1) is 0 Å². The van der Waals surface area contributed by atoms with Gasteiger partial charge in [0.2, 0.25) is 0 Å². The average Bonchev–Trinajstić information content (AvgIpc) is 3.13. The van der Waals surface area contributed by atoms with Crippen LogP contribution in [0.3, 0.4) is 0 Å². The number of nitrogens with one attached hydrogen (secondary N) is 2. The molecule has 0 aliphatic heterocycles. The van der Waals surface area contributed by atoms with E-state index in [-0.39, 0.29) is 0 Å². The fourth-order valence-corrected chi connectivity index (χ4v) is 2.03. The van der Waals surface area contributed by atoms with E-state index in [1.165, 1.54) is 12.8 Å². The number of rotatable bonds is 5. The largest absolute Gasteiger partial charge is 0.369 e. The van der Waals surface area contributed by atoms with Crippen molar-refractivity contribution in [2.24, 2.45) is 17.7 Å². The Hall–Kier alpha value is -1.36. The zero-order chi connectivity index (χ0) is 12.4. The molecular formula is C12H21N5. The van der Waals surface area contributed by atoms with Crippen molar-refractivity contribution in [3.05, 3.63) is 11.4 Å². The van der Waals surface area contributed by atoms with Crippen molar-refractivity contribution in [3.63, 3.8) is 0 Å². The fraction of sp³-hybridized carbons (Fsp3) is 0.667. The molecule has 0 bridgehead atoms. The summed E-state index contributed by atoms with van der Waals surface area (Å²) < 4.78 is 0. The number of aromatic nitrogens is 2. The lowest BCUT2D eigenvalue weighted by molar-refractivity contribution is 0.535. The van der Waals surface area contributed by atoms with Crippen molar-refractivity contribution in [2.75, 3.05) is 17.3 Å². The molecule has 0 aromatic carbocycles. The van der Waals surface area contributed by atoms with Crippen molar-refractivity contribution in [1.29, 1.82) is 0 Å². The van der Waals surface area contributed by atoms with Gasteiger partial charge in [-0.25, -0.2) is 15.8 Å². The molecule has 1 atom stereocenters. The van der Waals surface area contributed by atoms with Crippen LogP contribution in [-0.4, -0.2) is 16.5 Å². The number of hydrogen-bond acceptors (Lipinski definition) is 5. The van der Waals surface area contributed by atoms with Gasteiger partial charge in [0.15, 0.2) is 0 Å². The number of nitrogen functional groups attached to an aromatic ring is 1.